The van der Waals surface area contributed by atoms with Crippen LogP contribution in [-0.4, -0.2) is 53.4 Å². The number of amidine groups is 1. The molecule has 2 saturated heterocycles. The molecular weight excluding hydrogens is 388 g/mol. The van der Waals surface area contributed by atoms with Crippen molar-refractivity contribution < 1.29 is 23.1 Å². The van der Waals surface area contributed by atoms with E-state index in [0.717, 1.165) is 16.8 Å². The van der Waals surface area contributed by atoms with E-state index in [1.807, 2.05) is 36.9 Å². The van der Waals surface area contributed by atoms with Gasteiger partial charge in [-0.15, -0.1) is 0 Å². The molecular formula is C18H22N2O5S2. The van der Waals surface area contributed by atoms with Crippen molar-refractivity contribution in [1.29, 1.82) is 0 Å². The molecule has 0 radical (unpaired) electrons. The third-order valence-electron chi connectivity index (χ3n) is 4.55. The van der Waals surface area contributed by atoms with E-state index in [-0.39, 0.29) is 48.0 Å². The summed E-state index contributed by atoms with van der Waals surface area (Å²) in [6.45, 7) is 3.94. The first-order valence-corrected chi connectivity index (χ1v) is 11.4. The summed E-state index contributed by atoms with van der Waals surface area (Å²) in [6.07, 6.45) is 0.221. The zero-order chi connectivity index (χ0) is 19.8. The summed E-state index contributed by atoms with van der Waals surface area (Å²) in [5.41, 5.74) is 2.93. The number of benzene rings is 1. The van der Waals surface area contributed by atoms with Crippen LogP contribution in [0.5, 0.6) is 0 Å². The van der Waals surface area contributed by atoms with Crippen LogP contribution in [0.3, 0.4) is 0 Å². The molecule has 1 amide bonds. The number of rotatable bonds is 5. The molecule has 0 unspecified atom stereocenters. The third kappa shape index (κ3) is 4.70. The average molecular weight is 411 g/mol. The SMILES string of the molecule is Cc1cc(C)cc(N2C(=NC(=O)CCCC(=O)O)S[C@H]3CS(=O)(=O)C[C@H]32)c1. The van der Waals surface area contributed by atoms with Crippen LogP contribution in [-0.2, 0) is 19.4 Å². The van der Waals surface area contributed by atoms with E-state index in [1.54, 1.807) is 0 Å². The van der Waals surface area contributed by atoms with Gasteiger partial charge in [-0.25, -0.2) is 8.42 Å². The van der Waals surface area contributed by atoms with E-state index in [4.69, 9.17) is 5.11 Å². The number of carboxylic acid groups (broad SMARTS) is 1. The van der Waals surface area contributed by atoms with Gasteiger partial charge in [-0.1, -0.05) is 17.8 Å². The molecule has 0 aliphatic carbocycles. The molecule has 7 nitrogen and oxygen atoms in total. The lowest BCUT2D eigenvalue weighted by molar-refractivity contribution is -0.137. The van der Waals surface area contributed by atoms with Crippen molar-refractivity contribution in [2.24, 2.45) is 4.99 Å². The molecule has 1 aromatic carbocycles. The predicted molar refractivity (Wildman–Crippen MR) is 106 cm³/mol. The zero-order valence-electron chi connectivity index (χ0n) is 15.2. The molecule has 0 bridgehead atoms. The van der Waals surface area contributed by atoms with Crippen molar-refractivity contribution in [3.8, 4) is 0 Å². The molecule has 27 heavy (non-hydrogen) atoms. The Balaban J connectivity index is 1.89. The molecule has 2 atom stereocenters. The first kappa shape index (κ1) is 19.9. The number of hydrogen-bond donors (Lipinski definition) is 1. The van der Waals surface area contributed by atoms with Crippen LogP contribution in [0.2, 0.25) is 0 Å². The fraction of sp³-hybridized carbons (Fsp3) is 0.500. The van der Waals surface area contributed by atoms with Crippen LogP contribution in [0.1, 0.15) is 30.4 Å². The van der Waals surface area contributed by atoms with Crippen LogP contribution >= 0.6 is 11.8 Å². The van der Waals surface area contributed by atoms with E-state index >= 15 is 0 Å². The van der Waals surface area contributed by atoms with E-state index < -0.39 is 15.8 Å². The van der Waals surface area contributed by atoms with Gasteiger partial charge in [0.15, 0.2) is 15.0 Å². The number of sulfone groups is 1. The van der Waals surface area contributed by atoms with Crippen molar-refractivity contribution in [2.45, 2.75) is 44.4 Å². The monoisotopic (exact) mass is 410 g/mol. The Morgan fingerprint density at radius 2 is 1.85 bits per heavy atom. The Labute approximate surface area is 162 Å². The van der Waals surface area contributed by atoms with Crippen molar-refractivity contribution in [3.63, 3.8) is 0 Å². The first-order valence-electron chi connectivity index (χ1n) is 8.72. The lowest BCUT2D eigenvalue weighted by atomic mass is 10.1. The van der Waals surface area contributed by atoms with E-state index in [9.17, 15) is 18.0 Å². The summed E-state index contributed by atoms with van der Waals surface area (Å²) in [7, 11) is -3.11. The quantitative estimate of drug-likeness (QED) is 0.793. The Kier molecular flexibility index (Phi) is 5.62. The normalized spacial score (nSPS) is 25.0. The van der Waals surface area contributed by atoms with Gasteiger partial charge in [-0.2, -0.15) is 4.99 Å². The molecule has 0 spiro atoms. The number of nitrogens with zero attached hydrogens (tertiary/aromatic N) is 2. The second-order valence-electron chi connectivity index (χ2n) is 7.05. The van der Waals surface area contributed by atoms with Crippen LogP contribution in [0.4, 0.5) is 5.69 Å². The van der Waals surface area contributed by atoms with Crippen LogP contribution < -0.4 is 4.90 Å². The second-order valence-corrected chi connectivity index (χ2v) is 10.4. The minimum atomic E-state index is -3.11. The molecule has 1 aromatic rings. The number of fused-ring (bicyclic) bond motifs is 1. The summed E-state index contributed by atoms with van der Waals surface area (Å²) < 4.78 is 24.2. The highest BCUT2D eigenvalue weighted by Crippen LogP contribution is 2.41. The molecule has 2 fully saturated rings. The Morgan fingerprint density at radius 3 is 2.48 bits per heavy atom. The van der Waals surface area contributed by atoms with Crippen molar-refractivity contribution in [3.05, 3.63) is 29.3 Å². The highest BCUT2D eigenvalue weighted by atomic mass is 32.2. The summed E-state index contributed by atoms with van der Waals surface area (Å²) in [6, 6.07) is 5.71. The molecule has 0 saturated carbocycles. The zero-order valence-corrected chi connectivity index (χ0v) is 16.8. The number of carbonyl (C=O) groups excluding carboxylic acids is 1. The largest absolute Gasteiger partial charge is 0.481 e. The average Bonchev–Trinajstić information content (AvgIpc) is 2.96. The maximum absolute atomic E-state index is 12.2. The third-order valence-corrected chi connectivity index (χ3v) is 7.76. The molecule has 1 N–H and O–H groups in total. The molecule has 2 aliphatic rings. The minimum Gasteiger partial charge on any atom is -0.481 e. The van der Waals surface area contributed by atoms with Crippen LogP contribution in [0, 0.1) is 13.8 Å². The Bertz CT molecular complexity index is 890. The van der Waals surface area contributed by atoms with Gasteiger partial charge in [0.25, 0.3) is 0 Å². The van der Waals surface area contributed by atoms with Crippen LogP contribution in [0.15, 0.2) is 23.2 Å². The fourth-order valence-corrected chi connectivity index (χ4v) is 7.44. The highest BCUT2D eigenvalue weighted by Gasteiger charge is 2.49. The van der Waals surface area contributed by atoms with Gasteiger partial charge in [-0.3, -0.25) is 9.59 Å². The van der Waals surface area contributed by atoms with Gasteiger partial charge < -0.3 is 10.0 Å². The topological polar surface area (TPSA) is 104 Å². The highest BCUT2D eigenvalue weighted by molar-refractivity contribution is 8.16. The van der Waals surface area contributed by atoms with Crippen LogP contribution in [0.25, 0.3) is 0 Å². The molecule has 2 aliphatic heterocycles. The minimum absolute atomic E-state index is 0.0455. The smallest absolute Gasteiger partial charge is 0.303 e. The van der Waals surface area contributed by atoms with E-state index in [1.165, 1.54) is 11.8 Å². The Hall–Kier alpha value is -1.87. The summed E-state index contributed by atoms with van der Waals surface area (Å²) in [5, 5.41) is 9.05. The number of amides is 1. The van der Waals surface area contributed by atoms with Crippen molar-refractivity contribution in [2.75, 3.05) is 16.4 Å². The summed E-state index contributed by atoms with van der Waals surface area (Å²) in [4.78, 5) is 28.9. The number of thioether (sulfide) groups is 1. The first-order chi connectivity index (χ1) is 12.6. The number of aryl methyl sites for hydroxylation is 2. The predicted octanol–water partition coefficient (Wildman–Crippen LogP) is 2.16. The number of carbonyl (C=O) groups is 2. The van der Waals surface area contributed by atoms with Gasteiger partial charge >= 0.3 is 5.97 Å². The standard InChI is InChI=1S/C18H22N2O5S2/c1-11-6-12(2)8-13(7-11)20-14-9-27(24,25)10-15(14)26-18(20)19-16(21)4-3-5-17(22)23/h6-8,14-15H,3-5,9-10H2,1-2H3,(H,22,23)/t14-,15+/m1/s1. The lowest BCUT2D eigenvalue weighted by Crippen LogP contribution is -2.37. The maximum Gasteiger partial charge on any atom is 0.303 e. The van der Waals surface area contributed by atoms with Gasteiger partial charge in [0.2, 0.25) is 5.91 Å². The number of aliphatic imine (C=N–C) groups is 1. The van der Waals surface area contributed by atoms with E-state index in [0.29, 0.717) is 5.17 Å². The van der Waals surface area contributed by atoms with Crippen molar-refractivity contribution >= 4 is 44.3 Å². The molecule has 146 valence electrons. The van der Waals surface area contributed by atoms with Gasteiger partial charge in [-0.05, 0) is 43.5 Å². The van der Waals surface area contributed by atoms with Crippen molar-refractivity contribution in [1.82, 2.24) is 0 Å². The van der Waals surface area contributed by atoms with Gasteiger partial charge in [0.1, 0.15) is 0 Å². The lowest BCUT2D eigenvalue weighted by Gasteiger charge is -2.25. The fourth-order valence-electron chi connectivity index (χ4n) is 3.51. The van der Waals surface area contributed by atoms with E-state index in [2.05, 4.69) is 4.99 Å². The van der Waals surface area contributed by atoms with Gasteiger partial charge in [0, 0.05) is 23.8 Å². The van der Waals surface area contributed by atoms with Gasteiger partial charge in [0.05, 0.1) is 17.5 Å². The molecule has 2 heterocycles. The second kappa shape index (κ2) is 7.63. The molecule has 0 aromatic heterocycles. The maximum atomic E-state index is 12.2. The number of carboxylic acids is 1. The molecule has 9 heteroatoms. The number of aliphatic carboxylic acids is 1. The number of hydrogen-bond acceptors (Lipinski definition) is 5. The molecule has 3 rings (SSSR count). The summed E-state index contributed by atoms with van der Waals surface area (Å²) in [5.74, 6) is -1.20. The number of anilines is 1. The Morgan fingerprint density at radius 1 is 1.19 bits per heavy atom. The summed E-state index contributed by atoms with van der Waals surface area (Å²) >= 11 is 1.33.